The Labute approximate surface area is 91.9 Å². The van der Waals surface area contributed by atoms with Crippen LogP contribution in [0.4, 0.5) is 0 Å². The quantitative estimate of drug-likeness (QED) is 0.822. The van der Waals surface area contributed by atoms with E-state index in [4.69, 9.17) is 4.74 Å². The van der Waals surface area contributed by atoms with Crippen molar-refractivity contribution in [3.8, 4) is 5.75 Å². The van der Waals surface area contributed by atoms with Gasteiger partial charge < -0.3 is 9.84 Å². The van der Waals surface area contributed by atoms with Crippen molar-refractivity contribution in [1.82, 2.24) is 0 Å². The van der Waals surface area contributed by atoms with Gasteiger partial charge in [0.05, 0.1) is 6.10 Å². The smallest absolute Gasteiger partial charge is 0.120 e. The molecule has 1 unspecified atom stereocenters. The number of rotatable bonds is 4. The molecule has 0 spiro atoms. The summed E-state index contributed by atoms with van der Waals surface area (Å²) in [6.07, 6.45) is 0.545. The molecule has 0 fully saturated rings. The summed E-state index contributed by atoms with van der Waals surface area (Å²) in [5.74, 6) is 0.853. The molecule has 0 radical (unpaired) electrons. The third kappa shape index (κ3) is 3.56. The van der Waals surface area contributed by atoms with E-state index in [0.29, 0.717) is 0 Å². The highest BCUT2D eigenvalue weighted by Gasteiger charge is 2.16. The normalized spacial score (nSPS) is 13.7. The molecule has 0 aliphatic heterocycles. The standard InChI is InChI=1S/C13H20O2/c1-5-13(3,4)15-12-8-6-11(7-9-12)10(2)14/h6-10,14H,5H2,1-4H3. The lowest BCUT2D eigenvalue weighted by Gasteiger charge is -2.25. The SMILES string of the molecule is CCC(C)(C)Oc1ccc(C(C)O)cc1. The third-order valence-corrected chi connectivity index (χ3v) is 2.61. The second-order valence-electron chi connectivity index (χ2n) is 4.46. The van der Waals surface area contributed by atoms with Gasteiger partial charge in [-0.05, 0) is 44.9 Å². The fourth-order valence-corrected chi connectivity index (χ4v) is 1.21. The van der Waals surface area contributed by atoms with Gasteiger partial charge in [0.15, 0.2) is 0 Å². The number of aliphatic hydroxyl groups excluding tert-OH is 1. The molecular formula is C13H20O2. The van der Waals surface area contributed by atoms with E-state index in [1.165, 1.54) is 0 Å². The van der Waals surface area contributed by atoms with Crippen LogP contribution in [0.1, 0.15) is 45.8 Å². The molecule has 1 aromatic rings. The van der Waals surface area contributed by atoms with Crippen molar-refractivity contribution in [1.29, 1.82) is 0 Å². The van der Waals surface area contributed by atoms with Crippen molar-refractivity contribution >= 4 is 0 Å². The van der Waals surface area contributed by atoms with Crippen LogP contribution in [0.15, 0.2) is 24.3 Å². The van der Waals surface area contributed by atoms with E-state index in [0.717, 1.165) is 17.7 Å². The Morgan fingerprint density at radius 1 is 1.27 bits per heavy atom. The molecule has 0 bridgehead atoms. The van der Waals surface area contributed by atoms with Crippen LogP contribution < -0.4 is 4.74 Å². The van der Waals surface area contributed by atoms with Gasteiger partial charge in [0.2, 0.25) is 0 Å². The lowest BCUT2D eigenvalue weighted by atomic mass is 10.1. The maximum Gasteiger partial charge on any atom is 0.120 e. The second-order valence-corrected chi connectivity index (χ2v) is 4.46. The molecule has 2 nitrogen and oxygen atoms in total. The summed E-state index contributed by atoms with van der Waals surface area (Å²) in [4.78, 5) is 0. The van der Waals surface area contributed by atoms with Crippen LogP contribution in [-0.2, 0) is 0 Å². The highest BCUT2D eigenvalue weighted by molar-refractivity contribution is 5.28. The Hall–Kier alpha value is -1.02. The van der Waals surface area contributed by atoms with Crippen molar-refractivity contribution < 1.29 is 9.84 Å². The van der Waals surface area contributed by atoms with E-state index in [2.05, 4.69) is 20.8 Å². The van der Waals surface area contributed by atoms with Crippen LogP contribution in [0.5, 0.6) is 5.75 Å². The van der Waals surface area contributed by atoms with Gasteiger partial charge >= 0.3 is 0 Å². The molecule has 2 heteroatoms. The summed E-state index contributed by atoms with van der Waals surface area (Å²) < 4.78 is 5.80. The van der Waals surface area contributed by atoms with E-state index in [1.54, 1.807) is 6.92 Å². The molecule has 0 saturated heterocycles. The summed E-state index contributed by atoms with van der Waals surface area (Å²) in [5.41, 5.74) is 0.781. The van der Waals surface area contributed by atoms with Crippen molar-refractivity contribution in [2.75, 3.05) is 0 Å². The minimum atomic E-state index is -0.418. The van der Waals surface area contributed by atoms with Gasteiger partial charge in [0, 0.05) is 0 Å². The number of aliphatic hydroxyl groups is 1. The maximum absolute atomic E-state index is 9.35. The number of benzene rings is 1. The molecule has 0 saturated carbocycles. The lowest BCUT2D eigenvalue weighted by Crippen LogP contribution is -2.26. The summed E-state index contributed by atoms with van der Waals surface area (Å²) in [7, 11) is 0. The van der Waals surface area contributed by atoms with Crippen molar-refractivity contribution in [2.24, 2.45) is 0 Å². The number of hydrogen-bond donors (Lipinski definition) is 1. The zero-order valence-electron chi connectivity index (χ0n) is 9.95. The molecule has 0 aromatic heterocycles. The first-order chi connectivity index (χ1) is 6.94. The van der Waals surface area contributed by atoms with Gasteiger partial charge in [-0.15, -0.1) is 0 Å². The highest BCUT2D eigenvalue weighted by atomic mass is 16.5. The van der Waals surface area contributed by atoms with E-state index in [9.17, 15) is 5.11 Å². The number of ether oxygens (including phenoxy) is 1. The van der Waals surface area contributed by atoms with Gasteiger partial charge in [0.1, 0.15) is 11.4 Å². The molecule has 0 heterocycles. The van der Waals surface area contributed by atoms with Gasteiger partial charge in [-0.2, -0.15) is 0 Å². The molecule has 1 atom stereocenters. The van der Waals surface area contributed by atoms with Crippen LogP contribution in [0.2, 0.25) is 0 Å². The fraction of sp³-hybridized carbons (Fsp3) is 0.538. The average molecular weight is 208 g/mol. The first-order valence-corrected chi connectivity index (χ1v) is 5.41. The van der Waals surface area contributed by atoms with Gasteiger partial charge in [-0.25, -0.2) is 0 Å². The zero-order valence-corrected chi connectivity index (χ0v) is 9.95. The molecule has 1 rings (SSSR count). The van der Waals surface area contributed by atoms with Crippen LogP contribution in [0.3, 0.4) is 0 Å². The lowest BCUT2D eigenvalue weighted by molar-refractivity contribution is 0.105. The zero-order chi connectivity index (χ0) is 11.5. The minimum Gasteiger partial charge on any atom is -0.488 e. The Balaban J connectivity index is 2.73. The molecule has 84 valence electrons. The van der Waals surface area contributed by atoms with E-state index in [1.807, 2.05) is 24.3 Å². The Bertz CT molecular complexity index is 299. The van der Waals surface area contributed by atoms with Gasteiger partial charge in [0.25, 0.3) is 0 Å². The van der Waals surface area contributed by atoms with Crippen LogP contribution in [0, 0.1) is 0 Å². The van der Waals surface area contributed by atoms with Gasteiger partial charge in [-0.1, -0.05) is 19.1 Å². The molecular weight excluding hydrogens is 188 g/mol. The van der Waals surface area contributed by atoms with Crippen LogP contribution >= 0.6 is 0 Å². The van der Waals surface area contributed by atoms with Gasteiger partial charge in [-0.3, -0.25) is 0 Å². The average Bonchev–Trinajstić information content (AvgIpc) is 2.18. The van der Waals surface area contributed by atoms with E-state index < -0.39 is 6.10 Å². The van der Waals surface area contributed by atoms with E-state index >= 15 is 0 Å². The first kappa shape index (κ1) is 12.1. The van der Waals surface area contributed by atoms with Crippen LogP contribution in [-0.4, -0.2) is 10.7 Å². The first-order valence-electron chi connectivity index (χ1n) is 5.41. The Morgan fingerprint density at radius 2 is 1.80 bits per heavy atom. The van der Waals surface area contributed by atoms with Crippen molar-refractivity contribution in [3.05, 3.63) is 29.8 Å². The molecule has 15 heavy (non-hydrogen) atoms. The molecule has 1 aromatic carbocycles. The predicted molar refractivity (Wildman–Crippen MR) is 62.1 cm³/mol. The number of hydrogen-bond acceptors (Lipinski definition) is 2. The fourth-order valence-electron chi connectivity index (χ4n) is 1.21. The summed E-state index contributed by atoms with van der Waals surface area (Å²) in [5, 5.41) is 9.35. The minimum absolute atomic E-state index is 0.133. The summed E-state index contributed by atoms with van der Waals surface area (Å²) in [6.45, 7) is 7.99. The van der Waals surface area contributed by atoms with Crippen molar-refractivity contribution in [2.45, 2.75) is 45.8 Å². The summed E-state index contributed by atoms with van der Waals surface area (Å²) in [6, 6.07) is 7.59. The highest BCUT2D eigenvalue weighted by Crippen LogP contribution is 2.22. The Kier molecular flexibility index (Phi) is 3.75. The monoisotopic (exact) mass is 208 g/mol. The topological polar surface area (TPSA) is 29.5 Å². The molecule has 1 N–H and O–H groups in total. The predicted octanol–water partition coefficient (Wildman–Crippen LogP) is 3.31. The summed E-state index contributed by atoms with van der Waals surface area (Å²) >= 11 is 0. The molecule has 0 amide bonds. The third-order valence-electron chi connectivity index (χ3n) is 2.61. The van der Waals surface area contributed by atoms with E-state index in [-0.39, 0.29) is 5.60 Å². The largest absolute Gasteiger partial charge is 0.488 e. The van der Waals surface area contributed by atoms with Crippen molar-refractivity contribution in [3.63, 3.8) is 0 Å². The molecule has 0 aliphatic carbocycles. The Morgan fingerprint density at radius 3 is 2.20 bits per heavy atom. The molecule has 0 aliphatic rings. The van der Waals surface area contributed by atoms with Crippen LogP contribution in [0.25, 0.3) is 0 Å². The maximum atomic E-state index is 9.35. The second kappa shape index (κ2) is 4.67.